The molecule has 2 aromatic rings. The van der Waals surface area contributed by atoms with E-state index in [0.29, 0.717) is 27.2 Å². The van der Waals surface area contributed by atoms with Gasteiger partial charge in [0.05, 0.1) is 10.2 Å². The largest absolute Gasteiger partial charge is 0.361 e. The molecule has 2 rings (SSSR count). The van der Waals surface area contributed by atoms with Gasteiger partial charge in [0.25, 0.3) is 5.91 Å². The van der Waals surface area contributed by atoms with Crippen LogP contribution in [0, 0.1) is 19.7 Å². The Morgan fingerprint density at radius 3 is 2.72 bits per heavy atom. The van der Waals surface area contributed by atoms with E-state index in [9.17, 15) is 9.18 Å². The molecule has 0 unspecified atom stereocenters. The number of hydrogen-bond acceptors (Lipinski definition) is 3. The van der Waals surface area contributed by atoms with Gasteiger partial charge < -0.3 is 9.84 Å². The second kappa shape index (κ2) is 4.89. The highest BCUT2D eigenvalue weighted by molar-refractivity contribution is 9.10. The molecule has 0 aliphatic carbocycles. The predicted octanol–water partition coefficient (Wildman–Crippen LogP) is 3.45. The summed E-state index contributed by atoms with van der Waals surface area (Å²) >= 11 is 3.04. The van der Waals surface area contributed by atoms with Gasteiger partial charge in [-0.3, -0.25) is 4.79 Å². The van der Waals surface area contributed by atoms with Crippen molar-refractivity contribution in [3.63, 3.8) is 0 Å². The second-order valence-corrected chi connectivity index (χ2v) is 4.64. The molecule has 1 aromatic heterocycles. The third-order valence-electron chi connectivity index (χ3n) is 2.44. The van der Waals surface area contributed by atoms with Crippen LogP contribution in [-0.4, -0.2) is 11.1 Å². The fourth-order valence-corrected chi connectivity index (χ4v) is 1.82. The summed E-state index contributed by atoms with van der Waals surface area (Å²) in [5.74, 6) is -0.373. The molecule has 0 atom stereocenters. The van der Waals surface area contributed by atoms with Gasteiger partial charge in [0.15, 0.2) is 0 Å². The van der Waals surface area contributed by atoms with Crippen molar-refractivity contribution in [3.05, 3.63) is 45.5 Å². The Morgan fingerprint density at radius 1 is 1.44 bits per heavy atom. The highest BCUT2D eigenvalue weighted by Crippen LogP contribution is 2.21. The summed E-state index contributed by atoms with van der Waals surface area (Å²) in [7, 11) is 0. The van der Waals surface area contributed by atoms with E-state index in [2.05, 4.69) is 26.4 Å². The van der Waals surface area contributed by atoms with Crippen molar-refractivity contribution in [3.8, 4) is 0 Å². The maximum Gasteiger partial charge on any atom is 0.261 e. The minimum absolute atomic E-state index is 0.345. The van der Waals surface area contributed by atoms with Crippen molar-refractivity contribution < 1.29 is 13.7 Å². The van der Waals surface area contributed by atoms with Crippen LogP contribution in [0.5, 0.6) is 0 Å². The molecule has 0 aliphatic heterocycles. The van der Waals surface area contributed by atoms with Crippen molar-refractivity contribution >= 4 is 27.5 Å². The normalized spacial score (nSPS) is 10.4. The summed E-state index contributed by atoms with van der Waals surface area (Å²) in [4.78, 5) is 12.0. The van der Waals surface area contributed by atoms with E-state index < -0.39 is 5.82 Å². The number of nitrogens with one attached hydrogen (secondary N) is 1. The smallest absolute Gasteiger partial charge is 0.261 e. The van der Waals surface area contributed by atoms with Crippen LogP contribution >= 0.6 is 15.9 Å². The molecule has 0 spiro atoms. The maximum atomic E-state index is 13.3. The summed E-state index contributed by atoms with van der Waals surface area (Å²) in [6.45, 7) is 3.32. The summed E-state index contributed by atoms with van der Waals surface area (Å²) in [6.07, 6.45) is 0. The SMILES string of the molecule is Cc1noc(C)c1C(=O)Nc1ccc(Br)c(F)c1. The molecule has 6 heteroatoms. The van der Waals surface area contributed by atoms with Gasteiger partial charge in [-0.2, -0.15) is 0 Å². The van der Waals surface area contributed by atoms with Crippen LogP contribution in [0.25, 0.3) is 0 Å². The summed E-state index contributed by atoms with van der Waals surface area (Å²) in [5.41, 5.74) is 1.25. The van der Waals surface area contributed by atoms with Crippen LogP contribution in [0.3, 0.4) is 0 Å². The molecule has 0 bridgehead atoms. The number of rotatable bonds is 2. The van der Waals surface area contributed by atoms with Gasteiger partial charge in [-0.1, -0.05) is 5.16 Å². The quantitative estimate of drug-likeness (QED) is 0.924. The van der Waals surface area contributed by atoms with Crippen LogP contribution in [-0.2, 0) is 0 Å². The van der Waals surface area contributed by atoms with Gasteiger partial charge in [0.2, 0.25) is 0 Å². The highest BCUT2D eigenvalue weighted by atomic mass is 79.9. The molecule has 1 heterocycles. The first-order chi connectivity index (χ1) is 8.49. The van der Waals surface area contributed by atoms with Crippen molar-refractivity contribution in [1.82, 2.24) is 5.16 Å². The average molecular weight is 313 g/mol. The minimum atomic E-state index is -0.438. The lowest BCUT2D eigenvalue weighted by Gasteiger charge is -2.05. The van der Waals surface area contributed by atoms with E-state index in [0.717, 1.165) is 0 Å². The highest BCUT2D eigenvalue weighted by Gasteiger charge is 2.17. The topological polar surface area (TPSA) is 55.1 Å². The van der Waals surface area contributed by atoms with Crippen molar-refractivity contribution in [1.29, 1.82) is 0 Å². The maximum absolute atomic E-state index is 13.3. The lowest BCUT2D eigenvalue weighted by atomic mass is 10.2. The predicted molar refractivity (Wildman–Crippen MR) is 68.0 cm³/mol. The molecule has 0 saturated heterocycles. The molecule has 18 heavy (non-hydrogen) atoms. The number of halogens is 2. The van der Waals surface area contributed by atoms with Crippen molar-refractivity contribution in [2.75, 3.05) is 5.32 Å². The zero-order valence-corrected chi connectivity index (χ0v) is 11.3. The molecule has 1 N–H and O–H groups in total. The Labute approximate surface area is 111 Å². The van der Waals surface area contributed by atoms with Gasteiger partial charge >= 0.3 is 0 Å². The first-order valence-corrected chi connectivity index (χ1v) is 5.97. The minimum Gasteiger partial charge on any atom is -0.361 e. The summed E-state index contributed by atoms with van der Waals surface area (Å²) in [6, 6.07) is 4.36. The molecule has 1 aromatic carbocycles. The van der Waals surface area contributed by atoms with Crippen LogP contribution in [0.1, 0.15) is 21.8 Å². The number of carbonyl (C=O) groups is 1. The monoisotopic (exact) mass is 312 g/mol. The molecule has 0 fully saturated rings. The Balaban J connectivity index is 2.24. The number of nitrogens with zero attached hydrogens (tertiary/aromatic N) is 1. The molecule has 94 valence electrons. The zero-order valence-electron chi connectivity index (χ0n) is 9.75. The molecule has 1 amide bonds. The fourth-order valence-electron chi connectivity index (χ4n) is 1.57. The molecule has 0 aliphatic rings. The lowest BCUT2D eigenvalue weighted by molar-refractivity contribution is 0.102. The average Bonchev–Trinajstić information content (AvgIpc) is 2.64. The summed E-state index contributed by atoms with van der Waals surface area (Å²) in [5, 5.41) is 6.29. The number of benzene rings is 1. The molecule has 0 radical (unpaired) electrons. The lowest BCUT2D eigenvalue weighted by Crippen LogP contribution is -2.13. The Kier molecular flexibility index (Phi) is 3.47. The number of carbonyl (C=O) groups excluding carboxylic acids is 1. The van der Waals surface area contributed by atoms with Gasteiger partial charge in [-0.05, 0) is 48.0 Å². The van der Waals surface area contributed by atoms with Crippen LogP contribution < -0.4 is 5.32 Å². The number of amides is 1. The Hall–Kier alpha value is -1.69. The van der Waals surface area contributed by atoms with Crippen molar-refractivity contribution in [2.24, 2.45) is 0 Å². The molecular weight excluding hydrogens is 303 g/mol. The summed E-state index contributed by atoms with van der Waals surface area (Å²) < 4.78 is 18.6. The third-order valence-corrected chi connectivity index (χ3v) is 3.08. The standard InChI is InChI=1S/C12H10BrFN2O2/c1-6-11(7(2)18-16-6)12(17)15-8-3-4-9(13)10(14)5-8/h3-5H,1-2H3,(H,15,17). The molecule has 4 nitrogen and oxygen atoms in total. The van der Waals surface area contributed by atoms with Crippen LogP contribution in [0.2, 0.25) is 0 Å². The van der Waals surface area contributed by atoms with Gasteiger partial charge in [0, 0.05) is 5.69 Å². The van der Waals surface area contributed by atoms with E-state index in [-0.39, 0.29) is 5.91 Å². The molecular formula is C12H10BrFN2O2. The van der Waals surface area contributed by atoms with E-state index in [1.807, 2.05) is 0 Å². The first-order valence-electron chi connectivity index (χ1n) is 5.18. The number of anilines is 1. The van der Waals surface area contributed by atoms with Crippen LogP contribution in [0.4, 0.5) is 10.1 Å². The third kappa shape index (κ3) is 2.43. The van der Waals surface area contributed by atoms with E-state index in [4.69, 9.17) is 4.52 Å². The number of aromatic nitrogens is 1. The van der Waals surface area contributed by atoms with E-state index >= 15 is 0 Å². The van der Waals surface area contributed by atoms with Gasteiger partial charge in [-0.25, -0.2) is 4.39 Å². The first kappa shape index (κ1) is 12.8. The van der Waals surface area contributed by atoms with Crippen LogP contribution in [0.15, 0.2) is 27.2 Å². The number of hydrogen-bond donors (Lipinski definition) is 1. The van der Waals surface area contributed by atoms with Gasteiger partial charge in [-0.15, -0.1) is 0 Å². The Morgan fingerprint density at radius 2 is 2.17 bits per heavy atom. The Bertz CT molecular complexity index is 591. The van der Waals surface area contributed by atoms with E-state index in [1.54, 1.807) is 19.9 Å². The second-order valence-electron chi connectivity index (χ2n) is 3.78. The fraction of sp³-hybridized carbons (Fsp3) is 0.167. The number of aryl methyl sites for hydroxylation is 2. The van der Waals surface area contributed by atoms with E-state index in [1.165, 1.54) is 12.1 Å². The van der Waals surface area contributed by atoms with Gasteiger partial charge in [0.1, 0.15) is 17.1 Å². The zero-order chi connectivity index (χ0) is 13.3. The van der Waals surface area contributed by atoms with Crippen molar-refractivity contribution in [2.45, 2.75) is 13.8 Å². The molecule has 0 saturated carbocycles.